The monoisotopic (exact) mass is 421 g/mol. The van der Waals surface area contributed by atoms with Crippen LogP contribution in [0, 0.1) is 0 Å². The topological polar surface area (TPSA) is 81.6 Å². The lowest BCUT2D eigenvalue weighted by atomic mass is 9.83. The summed E-state index contributed by atoms with van der Waals surface area (Å²) in [5.41, 5.74) is 1.99. The van der Waals surface area contributed by atoms with Gasteiger partial charge in [0.05, 0.1) is 5.69 Å². The zero-order valence-electron chi connectivity index (χ0n) is 18.5. The van der Waals surface area contributed by atoms with Crippen molar-refractivity contribution in [2.75, 3.05) is 26.0 Å². The molecule has 0 radical (unpaired) electrons. The first kappa shape index (κ1) is 21.3. The third-order valence-corrected chi connectivity index (χ3v) is 6.41. The van der Waals surface area contributed by atoms with Gasteiger partial charge in [0.25, 0.3) is 0 Å². The van der Waals surface area contributed by atoms with Crippen molar-refractivity contribution in [3.63, 3.8) is 0 Å². The maximum Gasteiger partial charge on any atom is 0.246 e. The number of likely N-dealkylation sites (N-methyl/N-ethyl adjacent to an activating group) is 1. The molecule has 4 rings (SSSR count). The summed E-state index contributed by atoms with van der Waals surface area (Å²) in [7, 11) is 5.50. The molecule has 2 aliphatic heterocycles. The molecule has 164 valence electrons. The Balaban J connectivity index is 1.46. The summed E-state index contributed by atoms with van der Waals surface area (Å²) in [6.07, 6.45) is 9.30. The summed E-state index contributed by atoms with van der Waals surface area (Å²) in [5, 5.41) is 23.0. The predicted octanol–water partition coefficient (Wildman–Crippen LogP) is 3.06. The molecule has 2 fully saturated rings. The largest absolute Gasteiger partial charge is 0.507 e. The molecule has 1 amide bonds. The van der Waals surface area contributed by atoms with Crippen LogP contribution in [0.25, 0.3) is 17.3 Å². The van der Waals surface area contributed by atoms with E-state index in [0.29, 0.717) is 29.4 Å². The molecule has 2 unspecified atom stereocenters. The van der Waals surface area contributed by atoms with E-state index < -0.39 is 0 Å². The van der Waals surface area contributed by atoms with Crippen molar-refractivity contribution in [3.8, 4) is 17.0 Å². The molecule has 2 N–H and O–H groups in total. The Labute approximate surface area is 183 Å². The highest BCUT2D eigenvalue weighted by Crippen LogP contribution is 2.32. The minimum Gasteiger partial charge on any atom is -0.507 e. The van der Waals surface area contributed by atoms with Crippen molar-refractivity contribution in [3.05, 3.63) is 42.0 Å². The van der Waals surface area contributed by atoms with E-state index in [1.807, 2.05) is 18.2 Å². The Kier molecular flexibility index (Phi) is 6.23. The van der Waals surface area contributed by atoms with Crippen LogP contribution >= 0.6 is 0 Å². The lowest BCUT2D eigenvalue weighted by Crippen LogP contribution is -2.54. The number of hydrogen-bond donors (Lipinski definition) is 2. The van der Waals surface area contributed by atoms with Crippen molar-refractivity contribution in [2.24, 2.45) is 0 Å². The van der Waals surface area contributed by atoms with Crippen LogP contribution in [0.15, 0.2) is 36.4 Å². The van der Waals surface area contributed by atoms with Gasteiger partial charge in [0, 0.05) is 50.9 Å². The van der Waals surface area contributed by atoms with Crippen molar-refractivity contribution in [1.82, 2.24) is 20.4 Å². The average molecular weight is 422 g/mol. The molecule has 3 heterocycles. The summed E-state index contributed by atoms with van der Waals surface area (Å²) in [6, 6.07) is 10.9. The van der Waals surface area contributed by atoms with Crippen LogP contribution in [0.3, 0.4) is 0 Å². The molecular formula is C24H31N5O2. The van der Waals surface area contributed by atoms with Crippen molar-refractivity contribution < 1.29 is 9.90 Å². The average Bonchev–Trinajstić information content (AvgIpc) is 2.77. The first-order chi connectivity index (χ1) is 14.9. The quantitative estimate of drug-likeness (QED) is 0.722. The maximum absolute atomic E-state index is 11.7. The van der Waals surface area contributed by atoms with E-state index in [9.17, 15) is 9.90 Å². The van der Waals surface area contributed by atoms with Crippen molar-refractivity contribution >= 4 is 17.8 Å². The highest BCUT2D eigenvalue weighted by molar-refractivity contribution is 5.91. The van der Waals surface area contributed by atoms with Gasteiger partial charge in [-0.3, -0.25) is 4.79 Å². The molecule has 2 aromatic rings. The second kappa shape index (κ2) is 9.06. The zero-order chi connectivity index (χ0) is 22.0. The molecule has 1 aromatic carbocycles. The molecule has 31 heavy (non-hydrogen) atoms. The van der Waals surface area contributed by atoms with Crippen molar-refractivity contribution in [1.29, 1.82) is 0 Å². The molecule has 2 saturated heterocycles. The summed E-state index contributed by atoms with van der Waals surface area (Å²) < 4.78 is 0. The minimum atomic E-state index is -0.105. The molecule has 0 saturated carbocycles. The van der Waals surface area contributed by atoms with Gasteiger partial charge < -0.3 is 20.2 Å². The van der Waals surface area contributed by atoms with Gasteiger partial charge in [-0.2, -0.15) is 0 Å². The number of carbonyl (C=O) groups is 1. The SMILES string of the molecule is CN(C)C(=O)/C=C/c1ccc(-c2ccc(N(C)C3CC4CCCC(C3)N4)nn2)c(O)c1. The maximum atomic E-state index is 11.7. The van der Waals surface area contributed by atoms with E-state index in [1.54, 1.807) is 32.3 Å². The lowest BCUT2D eigenvalue weighted by molar-refractivity contribution is -0.123. The molecule has 7 heteroatoms. The highest BCUT2D eigenvalue weighted by Gasteiger charge is 2.33. The number of amides is 1. The molecule has 1 aromatic heterocycles. The van der Waals surface area contributed by atoms with Crippen LogP contribution in [0.5, 0.6) is 5.75 Å². The fourth-order valence-electron chi connectivity index (χ4n) is 4.58. The molecular weight excluding hydrogens is 390 g/mol. The van der Waals surface area contributed by atoms with E-state index in [2.05, 4.69) is 27.5 Å². The summed E-state index contributed by atoms with van der Waals surface area (Å²) in [6.45, 7) is 0. The van der Waals surface area contributed by atoms with Gasteiger partial charge in [0.1, 0.15) is 5.75 Å². The standard InChI is InChI=1S/C24H31N5O2/c1-28(2)24(31)12-8-16-7-9-20(22(30)13-16)21-10-11-23(27-26-21)29(3)19-14-17-5-4-6-18(15-19)25-17/h7-13,17-19,25,30H,4-6,14-15H2,1-3H3/b12-8+. The van der Waals surface area contributed by atoms with Crippen LogP contribution in [0.4, 0.5) is 5.82 Å². The number of phenols is 1. The first-order valence-corrected chi connectivity index (χ1v) is 11.0. The lowest BCUT2D eigenvalue weighted by Gasteiger charge is -2.43. The fraction of sp³-hybridized carbons (Fsp3) is 0.458. The van der Waals surface area contributed by atoms with Crippen molar-refractivity contribution in [2.45, 2.75) is 50.2 Å². The van der Waals surface area contributed by atoms with E-state index in [1.165, 1.54) is 30.2 Å². The Morgan fingerprint density at radius 2 is 1.84 bits per heavy atom. The molecule has 2 aliphatic rings. The molecule has 0 aliphatic carbocycles. The highest BCUT2D eigenvalue weighted by atomic mass is 16.3. The predicted molar refractivity (Wildman–Crippen MR) is 123 cm³/mol. The normalized spacial score (nSPS) is 23.0. The third-order valence-electron chi connectivity index (χ3n) is 6.41. The van der Waals surface area contributed by atoms with E-state index >= 15 is 0 Å². The van der Waals surface area contributed by atoms with E-state index in [0.717, 1.165) is 24.2 Å². The Morgan fingerprint density at radius 1 is 1.10 bits per heavy atom. The number of fused-ring (bicyclic) bond motifs is 2. The number of aromatic nitrogens is 2. The second-order valence-corrected chi connectivity index (χ2v) is 8.85. The van der Waals surface area contributed by atoms with Crippen LogP contribution in [0.2, 0.25) is 0 Å². The van der Waals surface area contributed by atoms with Gasteiger partial charge in [-0.25, -0.2) is 0 Å². The molecule has 0 spiro atoms. The van der Waals surface area contributed by atoms with E-state index in [-0.39, 0.29) is 11.7 Å². The zero-order valence-corrected chi connectivity index (χ0v) is 18.5. The molecule has 2 bridgehead atoms. The van der Waals surface area contributed by atoms with E-state index in [4.69, 9.17) is 0 Å². The van der Waals surface area contributed by atoms with Crippen LogP contribution in [0.1, 0.15) is 37.7 Å². The fourth-order valence-corrected chi connectivity index (χ4v) is 4.58. The Morgan fingerprint density at radius 3 is 2.45 bits per heavy atom. The number of piperidine rings is 2. The summed E-state index contributed by atoms with van der Waals surface area (Å²) in [5.74, 6) is 0.863. The molecule has 7 nitrogen and oxygen atoms in total. The number of aromatic hydroxyl groups is 1. The van der Waals surface area contributed by atoms with Gasteiger partial charge in [0.15, 0.2) is 5.82 Å². The first-order valence-electron chi connectivity index (χ1n) is 11.0. The number of nitrogens with zero attached hydrogens (tertiary/aromatic N) is 4. The van der Waals surface area contributed by atoms with Crippen LogP contribution in [-0.4, -0.2) is 65.4 Å². The number of nitrogens with one attached hydrogen (secondary N) is 1. The molecule has 2 atom stereocenters. The van der Waals surface area contributed by atoms with Gasteiger partial charge in [0.2, 0.25) is 5.91 Å². The minimum absolute atomic E-state index is 0.105. The number of carbonyl (C=O) groups excluding carboxylic acids is 1. The van der Waals surface area contributed by atoms with Gasteiger partial charge in [-0.15, -0.1) is 10.2 Å². The number of phenolic OH excluding ortho intramolecular Hbond substituents is 1. The number of anilines is 1. The Bertz CT molecular complexity index is 945. The van der Waals surface area contributed by atoms with Gasteiger partial charge in [-0.1, -0.05) is 12.5 Å². The third kappa shape index (κ3) is 4.88. The summed E-state index contributed by atoms with van der Waals surface area (Å²) in [4.78, 5) is 15.4. The smallest absolute Gasteiger partial charge is 0.246 e. The van der Waals surface area contributed by atoms with Crippen LogP contribution in [-0.2, 0) is 4.79 Å². The number of hydrogen-bond acceptors (Lipinski definition) is 6. The number of rotatable bonds is 5. The van der Waals surface area contributed by atoms with Gasteiger partial charge >= 0.3 is 0 Å². The number of benzene rings is 1. The van der Waals surface area contributed by atoms with Crippen LogP contribution < -0.4 is 10.2 Å². The summed E-state index contributed by atoms with van der Waals surface area (Å²) >= 11 is 0. The second-order valence-electron chi connectivity index (χ2n) is 8.85. The Hall–Kier alpha value is -2.93. The van der Waals surface area contributed by atoms with Gasteiger partial charge in [-0.05, 0) is 61.6 Å².